The van der Waals surface area contributed by atoms with Gasteiger partial charge in [0.1, 0.15) is 5.75 Å². The van der Waals surface area contributed by atoms with Crippen LogP contribution < -0.4 is 4.74 Å². The SMILES string of the molecule is COc1ccc(CCC(Cn2ccnc2)OCc2ccc(Cl)s2)cc1. The van der Waals surface area contributed by atoms with Gasteiger partial charge in [0.15, 0.2) is 0 Å². The van der Waals surface area contributed by atoms with Gasteiger partial charge >= 0.3 is 0 Å². The molecule has 3 rings (SSSR count). The monoisotopic (exact) mass is 376 g/mol. The van der Waals surface area contributed by atoms with Crippen molar-refractivity contribution in [3.05, 3.63) is 69.9 Å². The number of imidazole rings is 1. The highest BCUT2D eigenvalue weighted by molar-refractivity contribution is 7.16. The molecule has 0 aliphatic rings. The minimum Gasteiger partial charge on any atom is -0.497 e. The van der Waals surface area contributed by atoms with E-state index in [0.717, 1.165) is 34.3 Å². The highest BCUT2D eigenvalue weighted by Crippen LogP contribution is 2.23. The first-order valence-electron chi connectivity index (χ1n) is 8.17. The maximum absolute atomic E-state index is 6.16. The number of hydrogen-bond acceptors (Lipinski definition) is 4. The molecule has 0 N–H and O–H groups in total. The molecule has 0 saturated carbocycles. The van der Waals surface area contributed by atoms with Crippen LogP contribution in [-0.2, 0) is 24.3 Å². The van der Waals surface area contributed by atoms with Crippen LogP contribution in [0.4, 0.5) is 0 Å². The van der Waals surface area contributed by atoms with Gasteiger partial charge in [-0.25, -0.2) is 4.98 Å². The molecule has 2 heterocycles. The molecule has 0 bridgehead atoms. The Labute approximate surface area is 157 Å². The lowest BCUT2D eigenvalue weighted by Gasteiger charge is -2.18. The Morgan fingerprint density at radius 3 is 2.68 bits per heavy atom. The van der Waals surface area contributed by atoms with Gasteiger partial charge in [-0.15, -0.1) is 11.3 Å². The Hall–Kier alpha value is -1.82. The smallest absolute Gasteiger partial charge is 0.118 e. The number of ether oxygens (including phenoxy) is 2. The van der Waals surface area contributed by atoms with Gasteiger partial charge in [-0.1, -0.05) is 23.7 Å². The zero-order valence-corrected chi connectivity index (χ0v) is 15.7. The van der Waals surface area contributed by atoms with Crippen LogP contribution in [0.1, 0.15) is 16.9 Å². The van der Waals surface area contributed by atoms with Crippen molar-refractivity contribution in [2.24, 2.45) is 0 Å². The van der Waals surface area contributed by atoms with Crippen molar-refractivity contribution in [2.45, 2.75) is 32.1 Å². The summed E-state index contributed by atoms with van der Waals surface area (Å²) in [6.45, 7) is 1.37. The van der Waals surface area contributed by atoms with Crippen LogP contribution in [0.25, 0.3) is 0 Å². The van der Waals surface area contributed by atoms with Gasteiger partial charge in [0.25, 0.3) is 0 Å². The molecule has 0 amide bonds. The van der Waals surface area contributed by atoms with E-state index in [1.54, 1.807) is 24.6 Å². The van der Waals surface area contributed by atoms with Crippen molar-refractivity contribution in [3.8, 4) is 5.75 Å². The molecule has 4 nitrogen and oxygen atoms in total. The summed E-state index contributed by atoms with van der Waals surface area (Å²) in [5, 5.41) is 0. The van der Waals surface area contributed by atoms with Crippen LogP contribution >= 0.6 is 22.9 Å². The van der Waals surface area contributed by atoms with E-state index in [4.69, 9.17) is 21.1 Å². The number of rotatable bonds is 9. The summed E-state index contributed by atoms with van der Waals surface area (Å²) in [4.78, 5) is 5.26. The number of nitrogens with zero attached hydrogens (tertiary/aromatic N) is 2. The van der Waals surface area contributed by atoms with Gasteiger partial charge in [-0.3, -0.25) is 0 Å². The third-order valence-electron chi connectivity index (χ3n) is 3.98. The van der Waals surface area contributed by atoms with Gasteiger partial charge < -0.3 is 14.0 Å². The minimum atomic E-state index is 0.108. The van der Waals surface area contributed by atoms with Crippen LogP contribution in [0, 0.1) is 0 Å². The molecule has 0 saturated heterocycles. The van der Waals surface area contributed by atoms with E-state index in [2.05, 4.69) is 21.7 Å². The molecule has 0 spiro atoms. The fraction of sp³-hybridized carbons (Fsp3) is 0.316. The molecule has 2 aromatic heterocycles. The van der Waals surface area contributed by atoms with Crippen molar-refractivity contribution in [3.63, 3.8) is 0 Å². The van der Waals surface area contributed by atoms with Crippen LogP contribution in [0.3, 0.4) is 0 Å². The number of hydrogen-bond donors (Lipinski definition) is 0. The number of halogens is 1. The molecule has 6 heteroatoms. The summed E-state index contributed by atoms with van der Waals surface area (Å²) in [7, 11) is 1.68. The fourth-order valence-corrected chi connectivity index (χ4v) is 3.62. The minimum absolute atomic E-state index is 0.108. The maximum atomic E-state index is 6.16. The molecule has 0 radical (unpaired) electrons. The average molecular weight is 377 g/mol. The normalized spacial score (nSPS) is 12.2. The van der Waals surface area contributed by atoms with E-state index in [0.29, 0.717) is 6.61 Å². The molecule has 0 aliphatic heterocycles. The van der Waals surface area contributed by atoms with Crippen molar-refractivity contribution < 1.29 is 9.47 Å². The first-order chi connectivity index (χ1) is 12.2. The lowest BCUT2D eigenvalue weighted by Crippen LogP contribution is -2.20. The second kappa shape index (κ2) is 9.04. The standard InChI is InChI=1S/C19H21ClN2O2S/c1-23-16-5-2-15(3-6-16)4-7-17(12-22-11-10-21-14-22)24-13-18-8-9-19(20)25-18/h2-3,5-6,8-11,14,17H,4,7,12-13H2,1H3. The van der Waals surface area contributed by atoms with Gasteiger partial charge in [-0.2, -0.15) is 0 Å². The second-order valence-electron chi connectivity index (χ2n) is 5.79. The molecule has 132 valence electrons. The van der Waals surface area contributed by atoms with E-state index in [1.807, 2.05) is 36.8 Å². The molecule has 1 atom stereocenters. The van der Waals surface area contributed by atoms with Crippen molar-refractivity contribution in [2.75, 3.05) is 7.11 Å². The summed E-state index contributed by atoms with van der Waals surface area (Å²) < 4.78 is 14.2. The van der Waals surface area contributed by atoms with E-state index < -0.39 is 0 Å². The van der Waals surface area contributed by atoms with Crippen LogP contribution in [-0.4, -0.2) is 22.8 Å². The number of thiophene rings is 1. The largest absolute Gasteiger partial charge is 0.497 e. The molecule has 0 aliphatic carbocycles. The summed E-state index contributed by atoms with van der Waals surface area (Å²) in [5.74, 6) is 0.879. The zero-order valence-electron chi connectivity index (χ0n) is 14.1. The number of aryl methyl sites for hydroxylation is 1. The highest BCUT2D eigenvalue weighted by atomic mass is 35.5. The Kier molecular flexibility index (Phi) is 6.50. The molecule has 3 aromatic rings. The predicted octanol–water partition coefficient (Wildman–Crippen LogP) is 4.82. The van der Waals surface area contributed by atoms with Crippen molar-refractivity contribution in [1.82, 2.24) is 9.55 Å². The summed E-state index contributed by atoms with van der Waals surface area (Å²) in [6.07, 6.45) is 7.58. The predicted molar refractivity (Wildman–Crippen MR) is 101 cm³/mol. The van der Waals surface area contributed by atoms with Gasteiger partial charge in [0.05, 0.1) is 30.5 Å². The molecule has 0 fully saturated rings. The Morgan fingerprint density at radius 2 is 2.04 bits per heavy atom. The third kappa shape index (κ3) is 5.59. The van der Waals surface area contributed by atoms with E-state index >= 15 is 0 Å². The van der Waals surface area contributed by atoms with Gasteiger partial charge in [-0.05, 0) is 42.7 Å². The van der Waals surface area contributed by atoms with E-state index in [9.17, 15) is 0 Å². The van der Waals surface area contributed by atoms with E-state index in [1.165, 1.54) is 5.56 Å². The van der Waals surface area contributed by atoms with Crippen molar-refractivity contribution >= 4 is 22.9 Å². The summed E-state index contributed by atoms with van der Waals surface area (Å²) >= 11 is 7.56. The van der Waals surface area contributed by atoms with Crippen LogP contribution in [0.15, 0.2) is 55.1 Å². The van der Waals surface area contributed by atoms with Gasteiger partial charge in [0, 0.05) is 23.8 Å². The molecule has 1 aromatic carbocycles. The number of methoxy groups -OCH3 is 1. The number of benzene rings is 1. The highest BCUT2D eigenvalue weighted by Gasteiger charge is 2.12. The Bertz CT molecular complexity index is 756. The maximum Gasteiger partial charge on any atom is 0.118 e. The Balaban J connectivity index is 1.58. The third-order valence-corrected chi connectivity index (χ3v) is 5.18. The zero-order chi connectivity index (χ0) is 17.5. The number of aromatic nitrogens is 2. The lowest BCUT2D eigenvalue weighted by atomic mass is 10.1. The van der Waals surface area contributed by atoms with Crippen LogP contribution in [0.5, 0.6) is 5.75 Å². The molecule has 25 heavy (non-hydrogen) atoms. The van der Waals surface area contributed by atoms with Crippen LogP contribution in [0.2, 0.25) is 4.34 Å². The lowest BCUT2D eigenvalue weighted by molar-refractivity contribution is 0.0253. The molecule has 1 unspecified atom stereocenters. The molecular weight excluding hydrogens is 356 g/mol. The first kappa shape index (κ1) is 18.0. The quantitative estimate of drug-likeness (QED) is 0.537. The first-order valence-corrected chi connectivity index (χ1v) is 9.37. The summed E-state index contributed by atoms with van der Waals surface area (Å²) in [5.41, 5.74) is 1.28. The summed E-state index contributed by atoms with van der Waals surface area (Å²) in [6, 6.07) is 12.1. The topological polar surface area (TPSA) is 36.3 Å². The average Bonchev–Trinajstić information content (AvgIpc) is 3.29. The fourth-order valence-electron chi connectivity index (χ4n) is 2.61. The Morgan fingerprint density at radius 1 is 1.20 bits per heavy atom. The van der Waals surface area contributed by atoms with Crippen molar-refractivity contribution in [1.29, 1.82) is 0 Å². The van der Waals surface area contributed by atoms with E-state index in [-0.39, 0.29) is 6.10 Å². The second-order valence-corrected chi connectivity index (χ2v) is 7.58. The van der Waals surface area contributed by atoms with Gasteiger partial charge in [0.2, 0.25) is 0 Å². The molecular formula is C19H21ClN2O2S.